The molecule has 21 heavy (non-hydrogen) atoms. The van der Waals surface area contributed by atoms with E-state index >= 15 is 0 Å². The van der Waals surface area contributed by atoms with Crippen LogP contribution in [0.25, 0.3) is 0 Å². The van der Waals surface area contributed by atoms with Crippen LogP contribution in [0.1, 0.15) is 30.0 Å². The minimum Gasteiger partial charge on any atom is -0.327 e. The summed E-state index contributed by atoms with van der Waals surface area (Å²) in [7, 11) is 0. The second-order valence-electron chi connectivity index (χ2n) is 5.50. The van der Waals surface area contributed by atoms with Crippen LogP contribution < -0.4 is 5.73 Å². The summed E-state index contributed by atoms with van der Waals surface area (Å²) in [4.78, 5) is 2.44. The Bertz CT molecular complexity index is 625. The predicted molar refractivity (Wildman–Crippen MR) is 93.5 cm³/mol. The van der Waals surface area contributed by atoms with Crippen molar-refractivity contribution in [1.29, 1.82) is 0 Å². The molecule has 112 valence electrons. The lowest BCUT2D eigenvalue weighted by Gasteiger charge is -2.12. The van der Waals surface area contributed by atoms with Crippen LogP contribution in [-0.2, 0) is 6.42 Å². The lowest BCUT2D eigenvalue weighted by atomic mass is 10.1. The average Bonchev–Trinajstić information content (AvgIpc) is 2.44. The molecule has 2 aromatic rings. The van der Waals surface area contributed by atoms with Gasteiger partial charge in [-0.1, -0.05) is 54.0 Å². The van der Waals surface area contributed by atoms with Gasteiger partial charge in [-0.25, -0.2) is 0 Å². The summed E-state index contributed by atoms with van der Waals surface area (Å²) in [6.07, 6.45) is 1.80. The number of benzene rings is 2. The summed E-state index contributed by atoms with van der Waals surface area (Å²) >= 11 is 8.15. The van der Waals surface area contributed by atoms with E-state index in [0.717, 1.165) is 23.4 Å². The van der Waals surface area contributed by atoms with Crippen molar-refractivity contribution in [2.45, 2.75) is 49.4 Å². The maximum absolute atomic E-state index is 6.39. The molecule has 0 fully saturated rings. The standard InChI is InChI=1S/C18H22ClNS/c1-4-15(20)10-14-6-7-16(11-17(14)19)21-18-8-5-12(2)9-13(18)3/h5-9,11,15H,4,10,20H2,1-3H3. The highest BCUT2D eigenvalue weighted by Gasteiger charge is 2.08. The van der Waals surface area contributed by atoms with E-state index in [-0.39, 0.29) is 6.04 Å². The van der Waals surface area contributed by atoms with Crippen LogP contribution in [0.5, 0.6) is 0 Å². The number of aryl methyl sites for hydroxylation is 2. The summed E-state index contributed by atoms with van der Waals surface area (Å²) in [6, 6.07) is 13.0. The monoisotopic (exact) mass is 319 g/mol. The highest BCUT2D eigenvalue weighted by molar-refractivity contribution is 7.99. The Morgan fingerprint density at radius 3 is 2.52 bits per heavy atom. The van der Waals surface area contributed by atoms with Gasteiger partial charge in [0.2, 0.25) is 0 Å². The molecule has 0 saturated heterocycles. The zero-order chi connectivity index (χ0) is 15.4. The number of hydrogen-bond acceptors (Lipinski definition) is 2. The van der Waals surface area contributed by atoms with Crippen molar-refractivity contribution in [2.24, 2.45) is 5.73 Å². The van der Waals surface area contributed by atoms with Gasteiger partial charge in [-0.2, -0.15) is 0 Å². The van der Waals surface area contributed by atoms with E-state index in [2.05, 4.69) is 51.1 Å². The van der Waals surface area contributed by atoms with Gasteiger partial charge in [0, 0.05) is 20.9 Å². The van der Waals surface area contributed by atoms with Gasteiger partial charge in [-0.3, -0.25) is 0 Å². The Kier molecular flexibility index (Phi) is 5.74. The van der Waals surface area contributed by atoms with Crippen molar-refractivity contribution >= 4 is 23.4 Å². The fourth-order valence-corrected chi connectivity index (χ4v) is 3.47. The van der Waals surface area contributed by atoms with Crippen molar-refractivity contribution in [2.75, 3.05) is 0 Å². The minimum atomic E-state index is 0.181. The van der Waals surface area contributed by atoms with Crippen molar-refractivity contribution in [3.63, 3.8) is 0 Å². The van der Waals surface area contributed by atoms with Crippen LogP contribution in [0.4, 0.5) is 0 Å². The molecule has 1 unspecified atom stereocenters. The largest absolute Gasteiger partial charge is 0.327 e. The van der Waals surface area contributed by atoms with Crippen LogP contribution in [0.2, 0.25) is 5.02 Å². The molecule has 2 aromatic carbocycles. The summed E-state index contributed by atoms with van der Waals surface area (Å²) in [6.45, 7) is 6.36. The molecule has 3 heteroatoms. The van der Waals surface area contributed by atoms with Gasteiger partial charge in [-0.05, 0) is 56.0 Å². The third kappa shape index (κ3) is 4.50. The molecular weight excluding hydrogens is 298 g/mol. The zero-order valence-electron chi connectivity index (χ0n) is 12.8. The SMILES string of the molecule is CCC(N)Cc1ccc(Sc2ccc(C)cc2C)cc1Cl. The first-order valence-electron chi connectivity index (χ1n) is 7.28. The first-order valence-corrected chi connectivity index (χ1v) is 8.48. The lowest BCUT2D eigenvalue weighted by molar-refractivity contribution is 0.646. The number of rotatable bonds is 5. The van der Waals surface area contributed by atoms with Gasteiger partial charge < -0.3 is 5.73 Å². The molecule has 0 radical (unpaired) electrons. The molecule has 2 rings (SSSR count). The maximum atomic E-state index is 6.39. The van der Waals surface area contributed by atoms with Gasteiger partial charge >= 0.3 is 0 Å². The maximum Gasteiger partial charge on any atom is 0.0449 e. The molecule has 0 aliphatic heterocycles. The third-order valence-electron chi connectivity index (χ3n) is 3.59. The van der Waals surface area contributed by atoms with E-state index < -0.39 is 0 Å². The molecule has 0 heterocycles. The summed E-state index contributed by atoms with van der Waals surface area (Å²) < 4.78 is 0. The molecule has 0 saturated carbocycles. The van der Waals surface area contributed by atoms with Crippen molar-refractivity contribution in [3.05, 3.63) is 58.1 Å². The second-order valence-corrected chi connectivity index (χ2v) is 7.02. The van der Waals surface area contributed by atoms with Crippen LogP contribution >= 0.6 is 23.4 Å². The number of nitrogens with two attached hydrogens (primary N) is 1. The molecule has 1 nitrogen and oxygen atoms in total. The Morgan fingerprint density at radius 1 is 1.14 bits per heavy atom. The Balaban J connectivity index is 2.16. The van der Waals surface area contributed by atoms with Crippen molar-refractivity contribution in [1.82, 2.24) is 0 Å². The van der Waals surface area contributed by atoms with Crippen LogP contribution in [0.3, 0.4) is 0 Å². The van der Waals surface area contributed by atoms with Gasteiger partial charge in [-0.15, -0.1) is 0 Å². The summed E-state index contributed by atoms with van der Waals surface area (Å²) in [5.41, 5.74) is 9.73. The molecule has 0 bridgehead atoms. The van der Waals surface area contributed by atoms with E-state index in [1.54, 1.807) is 11.8 Å². The molecule has 0 aliphatic carbocycles. The van der Waals surface area contributed by atoms with Crippen LogP contribution in [0.15, 0.2) is 46.2 Å². The van der Waals surface area contributed by atoms with E-state index in [0.29, 0.717) is 0 Å². The van der Waals surface area contributed by atoms with Crippen LogP contribution in [-0.4, -0.2) is 6.04 Å². The molecule has 2 N–H and O–H groups in total. The molecule has 0 amide bonds. The highest BCUT2D eigenvalue weighted by atomic mass is 35.5. The predicted octanol–water partition coefficient (Wildman–Crippen LogP) is 5.39. The summed E-state index contributed by atoms with van der Waals surface area (Å²) in [5.74, 6) is 0. The normalized spacial score (nSPS) is 12.4. The molecule has 0 aromatic heterocycles. The minimum absolute atomic E-state index is 0.181. The fourth-order valence-electron chi connectivity index (χ4n) is 2.22. The van der Waals surface area contributed by atoms with Gasteiger partial charge in [0.1, 0.15) is 0 Å². The molecule has 0 spiro atoms. The zero-order valence-corrected chi connectivity index (χ0v) is 14.4. The van der Waals surface area contributed by atoms with Gasteiger partial charge in [0.05, 0.1) is 0 Å². The first-order chi connectivity index (χ1) is 9.99. The Morgan fingerprint density at radius 2 is 1.90 bits per heavy atom. The number of halogens is 1. The van der Waals surface area contributed by atoms with Crippen LogP contribution in [0, 0.1) is 13.8 Å². The second kappa shape index (κ2) is 7.35. The Hall–Kier alpha value is -0.960. The topological polar surface area (TPSA) is 26.0 Å². The number of hydrogen-bond donors (Lipinski definition) is 1. The van der Waals surface area contributed by atoms with Gasteiger partial charge in [0.15, 0.2) is 0 Å². The van der Waals surface area contributed by atoms with E-state index in [9.17, 15) is 0 Å². The van der Waals surface area contributed by atoms with E-state index in [1.807, 2.05) is 6.07 Å². The van der Waals surface area contributed by atoms with Crippen molar-refractivity contribution in [3.8, 4) is 0 Å². The van der Waals surface area contributed by atoms with E-state index in [1.165, 1.54) is 20.9 Å². The molecule has 1 atom stereocenters. The fraction of sp³-hybridized carbons (Fsp3) is 0.333. The molecule has 0 aliphatic rings. The quantitative estimate of drug-likeness (QED) is 0.799. The third-order valence-corrected chi connectivity index (χ3v) is 5.11. The first kappa shape index (κ1) is 16.4. The highest BCUT2D eigenvalue weighted by Crippen LogP contribution is 2.33. The van der Waals surface area contributed by atoms with Crippen molar-refractivity contribution < 1.29 is 0 Å². The molecular formula is C18H22ClNS. The average molecular weight is 320 g/mol. The smallest absolute Gasteiger partial charge is 0.0449 e. The Labute approximate surface area is 136 Å². The lowest BCUT2D eigenvalue weighted by Crippen LogP contribution is -2.21. The summed E-state index contributed by atoms with van der Waals surface area (Å²) in [5, 5.41) is 0.814. The van der Waals surface area contributed by atoms with Gasteiger partial charge in [0.25, 0.3) is 0 Å². The van der Waals surface area contributed by atoms with E-state index in [4.69, 9.17) is 17.3 Å².